The van der Waals surface area contributed by atoms with Gasteiger partial charge in [0.2, 0.25) is 0 Å². The Morgan fingerprint density at radius 3 is 2.44 bits per heavy atom. The molecule has 0 saturated carbocycles. The Morgan fingerprint density at radius 1 is 1.00 bits per heavy atom. The van der Waals surface area contributed by atoms with E-state index in [9.17, 15) is 0 Å². The van der Waals surface area contributed by atoms with E-state index in [1.165, 1.54) is 16.3 Å². The fourth-order valence-electron chi connectivity index (χ4n) is 1.97. The van der Waals surface area contributed by atoms with E-state index in [-0.39, 0.29) is 5.54 Å². The lowest BCUT2D eigenvalue weighted by atomic mass is 9.94. The normalized spacial score (nSPS) is 11.9. The molecule has 2 rings (SSSR count). The molecule has 0 radical (unpaired) electrons. The Kier molecular flexibility index (Phi) is 2.97. The van der Waals surface area contributed by atoms with E-state index in [0.29, 0.717) is 0 Å². The van der Waals surface area contributed by atoms with Gasteiger partial charge in [0.15, 0.2) is 0 Å². The molecule has 0 fully saturated rings. The number of nitrogens with two attached hydrogens (primary N) is 1. The van der Waals surface area contributed by atoms with Crippen molar-refractivity contribution in [3.05, 3.63) is 48.0 Å². The van der Waals surface area contributed by atoms with Crippen molar-refractivity contribution >= 4 is 10.8 Å². The van der Waals surface area contributed by atoms with Crippen LogP contribution in [-0.4, -0.2) is 5.54 Å². The molecule has 0 aliphatic carbocycles. The van der Waals surface area contributed by atoms with E-state index in [2.05, 4.69) is 56.3 Å². The molecule has 0 amide bonds. The van der Waals surface area contributed by atoms with Crippen molar-refractivity contribution in [3.8, 4) is 0 Å². The summed E-state index contributed by atoms with van der Waals surface area (Å²) in [5.74, 6) is 0. The van der Waals surface area contributed by atoms with Gasteiger partial charge < -0.3 is 5.73 Å². The fourth-order valence-corrected chi connectivity index (χ4v) is 1.97. The Labute approximate surface area is 97.3 Å². The van der Waals surface area contributed by atoms with Crippen LogP contribution in [0.15, 0.2) is 42.5 Å². The van der Waals surface area contributed by atoms with Crippen LogP contribution in [0, 0.1) is 0 Å². The molecule has 0 aliphatic rings. The number of rotatable bonds is 3. The van der Waals surface area contributed by atoms with Gasteiger partial charge in [0.1, 0.15) is 0 Å². The van der Waals surface area contributed by atoms with E-state index < -0.39 is 0 Å². The topological polar surface area (TPSA) is 26.0 Å². The van der Waals surface area contributed by atoms with Crippen LogP contribution in [0.1, 0.15) is 25.8 Å². The highest BCUT2D eigenvalue weighted by molar-refractivity contribution is 5.85. The first-order valence-corrected chi connectivity index (χ1v) is 5.82. The maximum absolute atomic E-state index is 6.03. The molecule has 0 unspecified atom stereocenters. The third kappa shape index (κ3) is 2.61. The summed E-state index contributed by atoms with van der Waals surface area (Å²) >= 11 is 0. The Balaban J connectivity index is 2.30. The molecule has 16 heavy (non-hydrogen) atoms. The first-order valence-electron chi connectivity index (χ1n) is 5.82. The van der Waals surface area contributed by atoms with E-state index in [1.807, 2.05) is 0 Å². The van der Waals surface area contributed by atoms with E-state index in [1.54, 1.807) is 0 Å². The summed E-state index contributed by atoms with van der Waals surface area (Å²) in [5.41, 5.74) is 7.34. The molecule has 1 heteroatoms. The van der Waals surface area contributed by atoms with Crippen LogP contribution < -0.4 is 5.73 Å². The van der Waals surface area contributed by atoms with E-state index >= 15 is 0 Å². The summed E-state index contributed by atoms with van der Waals surface area (Å²) in [6, 6.07) is 15.0. The minimum atomic E-state index is -0.0864. The van der Waals surface area contributed by atoms with Gasteiger partial charge in [-0.2, -0.15) is 0 Å². The Hall–Kier alpha value is -1.34. The van der Waals surface area contributed by atoms with Gasteiger partial charge in [-0.05, 0) is 43.0 Å². The van der Waals surface area contributed by atoms with Crippen molar-refractivity contribution in [2.24, 2.45) is 5.73 Å². The molecule has 0 atom stereocenters. The van der Waals surface area contributed by atoms with Gasteiger partial charge in [-0.15, -0.1) is 0 Å². The molecule has 2 aromatic rings. The summed E-state index contributed by atoms with van der Waals surface area (Å²) in [4.78, 5) is 0. The average molecular weight is 213 g/mol. The first kappa shape index (κ1) is 11.2. The number of benzene rings is 2. The molecule has 2 aromatic carbocycles. The minimum Gasteiger partial charge on any atom is -0.326 e. The third-order valence-electron chi connectivity index (χ3n) is 2.92. The molecule has 0 saturated heterocycles. The van der Waals surface area contributed by atoms with Crippen LogP contribution in [0.3, 0.4) is 0 Å². The summed E-state index contributed by atoms with van der Waals surface area (Å²) in [6.07, 6.45) is 2.06. The lowest BCUT2D eigenvalue weighted by Crippen LogP contribution is -2.32. The quantitative estimate of drug-likeness (QED) is 0.829. The fraction of sp³-hybridized carbons (Fsp3) is 0.333. The van der Waals surface area contributed by atoms with Crippen molar-refractivity contribution < 1.29 is 0 Å². The van der Waals surface area contributed by atoms with Crippen molar-refractivity contribution in [1.29, 1.82) is 0 Å². The van der Waals surface area contributed by atoms with Crippen molar-refractivity contribution in [3.63, 3.8) is 0 Å². The number of fused-ring (bicyclic) bond motifs is 1. The average Bonchev–Trinajstić information content (AvgIpc) is 2.25. The standard InChI is InChI=1S/C15H19N/c1-15(2,16)11-10-13-8-5-7-12-6-3-4-9-14(12)13/h3-9H,10-11,16H2,1-2H3. The lowest BCUT2D eigenvalue weighted by molar-refractivity contribution is 0.477. The highest BCUT2D eigenvalue weighted by Crippen LogP contribution is 2.21. The van der Waals surface area contributed by atoms with Crippen LogP contribution in [0.5, 0.6) is 0 Å². The van der Waals surface area contributed by atoms with Crippen LogP contribution in [0.25, 0.3) is 10.8 Å². The zero-order valence-corrected chi connectivity index (χ0v) is 10.0. The second kappa shape index (κ2) is 4.26. The highest BCUT2D eigenvalue weighted by Gasteiger charge is 2.11. The monoisotopic (exact) mass is 213 g/mol. The summed E-state index contributed by atoms with van der Waals surface area (Å²) in [5, 5.41) is 2.67. The van der Waals surface area contributed by atoms with Gasteiger partial charge in [0, 0.05) is 5.54 Å². The van der Waals surface area contributed by atoms with Crippen LogP contribution in [0.4, 0.5) is 0 Å². The molecule has 0 aromatic heterocycles. The highest BCUT2D eigenvalue weighted by atomic mass is 14.7. The number of hydrogen-bond acceptors (Lipinski definition) is 1. The third-order valence-corrected chi connectivity index (χ3v) is 2.92. The van der Waals surface area contributed by atoms with Gasteiger partial charge in [0.25, 0.3) is 0 Å². The number of aryl methyl sites for hydroxylation is 1. The second-order valence-corrected chi connectivity index (χ2v) is 5.13. The zero-order valence-electron chi connectivity index (χ0n) is 10.0. The van der Waals surface area contributed by atoms with Crippen LogP contribution in [-0.2, 0) is 6.42 Å². The van der Waals surface area contributed by atoms with Gasteiger partial charge in [-0.3, -0.25) is 0 Å². The van der Waals surface area contributed by atoms with Gasteiger partial charge >= 0.3 is 0 Å². The molecular weight excluding hydrogens is 194 g/mol. The Morgan fingerprint density at radius 2 is 1.69 bits per heavy atom. The molecule has 0 heterocycles. The van der Waals surface area contributed by atoms with E-state index in [0.717, 1.165) is 12.8 Å². The summed E-state index contributed by atoms with van der Waals surface area (Å²) in [6.45, 7) is 4.16. The van der Waals surface area contributed by atoms with E-state index in [4.69, 9.17) is 5.73 Å². The van der Waals surface area contributed by atoms with Crippen molar-refractivity contribution in [2.45, 2.75) is 32.2 Å². The largest absolute Gasteiger partial charge is 0.326 e. The second-order valence-electron chi connectivity index (χ2n) is 5.13. The van der Waals surface area contributed by atoms with Crippen molar-refractivity contribution in [1.82, 2.24) is 0 Å². The molecule has 0 bridgehead atoms. The predicted octanol–water partition coefficient (Wildman–Crippen LogP) is 3.51. The maximum atomic E-state index is 6.03. The lowest BCUT2D eigenvalue weighted by Gasteiger charge is -2.18. The number of hydrogen-bond donors (Lipinski definition) is 1. The Bertz CT molecular complexity index is 475. The van der Waals surface area contributed by atoms with Crippen LogP contribution >= 0.6 is 0 Å². The molecule has 0 spiro atoms. The molecule has 84 valence electrons. The van der Waals surface area contributed by atoms with Gasteiger partial charge in [0.05, 0.1) is 0 Å². The predicted molar refractivity (Wildman–Crippen MR) is 70.5 cm³/mol. The smallest absolute Gasteiger partial charge is 0.0100 e. The van der Waals surface area contributed by atoms with Crippen molar-refractivity contribution in [2.75, 3.05) is 0 Å². The maximum Gasteiger partial charge on any atom is 0.0100 e. The summed E-state index contributed by atoms with van der Waals surface area (Å²) < 4.78 is 0. The first-order chi connectivity index (χ1) is 7.56. The zero-order chi connectivity index (χ0) is 11.6. The SMILES string of the molecule is CC(C)(N)CCc1cccc2ccccc12. The summed E-state index contributed by atoms with van der Waals surface area (Å²) in [7, 11) is 0. The molecule has 0 aliphatic heterocycles. The molecular formula is C15H19N. The van der Waals surface area contributed by atoms with Gasteiger partial charge in [-0.1, -0.05) is 42.5 Å². The van der Waals surface area contributed by atoms with Gasteiger partial charge in [-0.25, -0.2) is 0 Å². The van der Waals surface area contributed by atoms with Crippen LogP contribution in [0.2, 0.25) is 0 Å². The molecule has 1 nitrogen and oxygen atoms in total. The minimum absolute atomic E-state index is 0.0864. The molecule has 2 N–H and O–H groups in total.